The maximum absolute atomic E-state index is 4.40. The highest BCUT2D eigenvalue weighted by Crippen LogP contribution is 2.24. The van der Waals surface area contributed by atoms with Crippen molar-refractivity contribution in [3.05, 3.63) is 47.8 Å². The number of nitrogens with zero attached hydrogens (tertiary/aromatic N) is 3. The van der Waals surface area contributed by atoms with Crippen molar-refractivity contribution in [1.82, 2.24) is 15.1 Å². The van der Waals surface area contributed by atoms with Gasteiger partial charge in [-0.2, -0.15) is 5.10 Å². The predicted molar refractivity (Wildman–Crippen MR) is 88.8 cm³/mol. The number of nitrogens with one attached hydrogen (secondary N) is 1. The average molecular weight is 286 g/mol. The molecule has 0 fully saturated rings. The summed E-state index contributed by atoms with van der Waals surface area (Å²) in [7, 11) is 4.13. The molecule has 0 spiro atoms. The van der Waals surface area contributed by atoms with E-state index in [2.05, 4.69) is 78.3 Å². The third-order valence-electron chi connectivity index (χ3n) is 3.69. The van der Waals surface area contributed by atoms with Crippen LogP contribution in [0.4, 0.5) is 5.69 Å². The van der Waals surface area contributed by atoms with E-state index in [9.17, 15) is 0 Å². The second-order valence-electron chi connectivity index (χ2n) is 5.44. The van der Waals surface area contributed by atoms with Crippen molar-refractivity contribution in [3.8, 4) is 0 Å². The quantitative estimate of drug-likeness (QED) is 0.849. The van der Waals surface area contributed by atoms with Gasteiger partial charge in [-0.1, -0.05) is 19.1 Å². The van der Waals surface area contributed by atoms with Gasteiger partial charge in [0, 0.05) is 32.5 Å². The van der Waals surface area contributed by atoms with E-state index in [1.54, 1.807) is 0 Å². The Labute approximate surface area is 127 Å². The van der Waals surface area contributed by atoms with Crippen molar-refractivity contribution in [1.29, 1.82) is 0 Å². The number of aromatic nitrogens is 2. The summed E-state index contributed by atoms with van der Waals surface area (Å²) >= 11 is 0. The first kappa shape index (κ1) is 15.6. The van der Waals surface area contributed by atoms with E-state index in [4.69, 9.17) is 0 Å². The van der Waals surface area contributed by atoms with E-state index in [-0.39, 0.29) is 6.04 Å². The standard InChI is InChI=1S/C17H26N4/c1-5-12-18-17(16-11-13-19-21(16)6-2)14-7-9-15(10-8-14)20(3)4/h7-11,13,17-18H,5-6,12H2,1-4H3. The van der Waals surface area contributed by atoms with Crippen molar-refractivity contribution in [2.45, 2.75) is 32.9 Å². The monoisotopic (exact) mass is 286 g/mol. The molecule has 0 amide bonds. The molecule has 21 heavy (non-hydrogen) atoms. The Balaban J connectivity index is 2.31. The van der Waals surface area contributed by atoms with Crippen LogP contribution in [0.5, 0.6) is 0 Å². The first-order valence-corrected chi connectivity index (χ1v) is 7.69. The molecular weight excluding hydrogens is 260 g/mol. The van der Waals surface area contributed by atoms with Gasteiger partial charge in [-0.05, 0) is 43.7 Å². The van der Waals surface area contributed by atoms with Gasteiger partial charge in [0.15, 0.2) is 0 Å². The molecule has 4 nitrogen and oxygen atoms in total. The van der Waals surface area contributed by atoms with Crippen LogP contribution in [0, 0.1) is 0 Å². The highest BCUT2D eigenvalue weighted by molar-refractivity contribution is 5.47. The van der Waals surface area contributed by atoms with E-state index >= 15 is 0 Å². The van der Waals surface area contributed by atoms with Gasteiger partial charge in [-0.15, -0.1) is 0 Å². The zero-order valence-electron chi connectivity index (χ0n) is 13.5. The fourth-order valence-corrected chi connectivity index (χ4v) is 2.50. The molecular formula is C17H26N4. The van der Waals surface area contributed by atoms with Crippen LogP contribution in [0.15, 0.2) is 36.5 Å². The minimum Gasteiger partial charge on any atom is -0.378 e. The van der Waals surface area contributed by atoms with Gasteiger partial charge in [-0.3, -0.25) is 4.68 Å². The third kappa shape index (κ3) is 3.64. The van der Waals surface area contributed by atoms with Crippen LogP contribution in [0.3, 0.4) is 0 Å². The summed E-state index contributed by atoms with van der Waals surface area (Å²) in [4.78, 5) is 2.12. The summed E-state index contributed by atoms with van der Waals surface area (Å²) in [6, 6.07) is 11.1. The number of hydrogen-bond donors (Lipinski definition) is 1. The van der Waals surface area contributed by atoms with Crippen LogP contribution in [0.2, 0.25) is 0 Å². The number of benzene rings is 1. The summed E-state index contributed by atoms with van der Waals surface area (Å²) in [5.41, 5.74) is 3.73. The second kappa shape index (κ2) is 7.27. The first-order valence-electron chi connectivity index (χ1n) is 7.69. The van der Waals surface area contributed by atoms with Crippen LogP contribution < -0.4 is 10.2 Å². The Hall–Kier alpha value is -1.81. The normalized spacial score (nSPS) is 12.4. The highest BCUT2D eigenvalue weighted by atomic mass is 15.3. The zero-order valence-corrected chi connectivity index (χ0v) is 13.5. The molecule has 0 saturated carbocycles. The Morgan fingerprint density at radius 2 is 1.86 bits per heavy atom. The maximum atomic E-state index is 4.40. The highest BCUT2D eigenvalue weighted by Gasteiger charge is 2.17. The summed E-state index contributed by atoms with van der Waals surface area (Å²) < 4.78 is 2.06. The summed E-state index contributed by atoms with van der Waals surface area (Å²) in [5.74, 6) is 0. The second-order valence-corrected chi connectivity index (χ2v) is 5.44. The van der Waals surface area contributed by atoms with Crippen molar-refractivity contribution in [2.75, 3.05) is 25.5 Å². The molecule has 0 aliphatic rings. The van der Waals surface area contributed by atoms with Crippen LogP contribution in [0.25, 0.3) is 0 Å². The largest absolute Gasteiger partial charge is 0.378 e. The molecule has 0 aliphatic heterocycles. The lowest BCUT2D eigenvalue weighted by molar-refractivity contribution is 0.530. The van der Waals surface area contributed by atoms with E-state index in [1.807, 2.05) is 6.20 Å². The Bertz CT molecular complexity index is 542. The third-order valence-corrected chi connectivity index (χ3v) is 3.69. The first-order chi connectivity index (χ1) is 10.2. The molecule has 1 N–H and O–H groups in total. The lowest BCUT2D eigenvalue weighted by atomic mass is 10.0. The molecule has 2 rings (SSSR count). The van der Waals surface area contributed by atoms with Crippen molar-refractivity contribution in [3.63, 3.8) is 0 Å². The summed E-state index contributed by atoms with van der Waals surface area (Å²) in [5, 5.41) is 8.04. The van der Waals surface area contributed by atoms with Crippen molar-refractivity contribution in [2.24, 2.45) is 0 Å². The van der Waals surface area contributed by atoms with Gasteiger partial charge in [0.1, 0.15) is 0 Å². The van der Waals surface area contributed by atoms with E-state index in [0.29, 0.717) is 0 Å². The van der Waals surface area contributed by atoms with Gasteiger partial charge in [0.05, 0.1) is 11.7 Å². The minimum absolute atomic E-state index is 0.198. The Morgan fingerprint density at radius 1 is 1.14 bits per heavy atom. The molecule has 1 aromatic carbocycles. The molecule has 0 bridgehead atoms. The minimum atomic E-state index is 0.198. The number of aryl methyl sites for hydroxylation is 1. The Morgan fingerprint density at radius 3 is 2.43 bits per heavy atom. The van der Waals surface area contributed by atoms with Gasteiger partial charge in [0.25, 0.3) is 0 Å². The van der Waals surface area contributed by atoms with Crippen LogP contribution >= 0.6 is 0 Å². The molecule has 1 atom stereocenters. The topological polar surface area (TPSA) is 33.1 Å². The van der Waals surface area contributed by atoms with Crippen LogP contribution in [-0.2, 0) is 6.54 Å². The van der Waals surface area contributed by atoms with Gasteiger partial charge < -0.3 is 10.2 Å². The van der Waals surface area contributed by atoms with Gasteiger partial charge in [-0.25, -0.2) is 0 Å². The fourth-order valence-electron chi connectivity index (χ4n) is 2.50. The zero-order chi connectivity index (χ0) is 15.2. The number of hydrogen-bond acceptors (Lipinski definition) is 3. The lowest BCUT2D eigenvalue weighted by Gasteiger charge is -2.21. The van der Waals surface area contributed by atoms with Gasteiger partial charge >= 0.3 is 0 Å². The Kier molecular flexibility index (Phi) is 5.39. The number of rotatable bonds is 7. The lowest BCUT2D eigenvalue weighted by Crippen LogP contribution is -2.25. The molecule has 1 unspecified atom stereocenters. The molecule has 1 aromatic heterocycles. The molecule has 2 aromatic rings. The average Bonchev–Trinajstić information content (AvgIpc) is 2.96. The van der Waals surface area contributed by atoms with Gasteiger partial charge in [0.2, 0.25) is 0 Å². The molecule has 1 heterocycles. The summed E-state index contributed by atoms with van der Waals surface area (Å²) in [6.45, 7) is 6.20. The SMILES string of the molecule is CCCNC(c1ccc(N(C)C)cc1)c1ccnn1CC. The van der Waals surface area contributed by atoms with Crippen LogP contribution in [0.1, 0.15) is 37.6 Å². The molecule has 114 valence electrons. The molecule has 0 saturated heterocycles. The predicted octanol–water partition coefficient (Wildman–Crippen LogP) is 3.06. The fraction of sp³-hybridized carbons (Fsp3) is 0.471. The smallest absolute Gasteiger partial charge is 0.0748 e. The van der Waals surface area contributed by atoms with E-state index in [0.717, 1.165) is 19.5 Å². The van der Waals surface area contributed by atoms with Crippen molar-refractivity contribution < 1.29 is 0 Å². The number of anilines is 1. The van der Waals surface area contributed by atoms with Crippen LogP contribution in [-0.4, -0.2) is 30.4 Å². The molecule has 0 aliphatic carbocycles. The van der Waals surface area contributed by atoms with E-state index in [1.165, 1.54) is 16.9 Å². The maximum Gasteiger partial charge on any atom is 0.0748 e. The van der Waals surface area contributed by atoms with Crippen molar-refractivity contribution >= 4 is 5.69 Å². The summed E-state index contributed by atoms with van der Waals surface area (Å²) in [6.07, 6.45) is 3.00. The molecule has 4 heteroatoms. The molecule has 0 radical (unpaired) electrons. The van der Waals surface area contributed by atoms with E-state index < -0.39 is 0 Å².